The summed E-state index contributed by atoms with van der Waals surface area (Å²) in [4.78, 5) is 13.2. The molecule has 0 radical (unpaired) electrons. The van der Waals surface area contributed by atoms with Crippen molar-refractivity contribution < 1.29 is 13.9 Å². The minimum atomic E-state index is -0.396. The highest BCUT2D eigenvalue weighted by atomic mass is 19.1. The Balaban J connectivity index is 2.75. The maximum Gasteiger partial charge on any atom is 0.306 e. The Morgan fingerprint density at radius 2 is 2.20 bits per heavy atom. The molecule has 1 aromatic rings. The lowest BCUT2D eigenvalue weighted by atomic mass is 10.1. The molecule has 108 valence electrons. The van der Waals surface area contributed by atoms with Crippen molar-refractivity contribution in [2.24, 2.45) is 0 Å². The van der Waals surface area contributed by atoms with E-state index in [0.717, 1.165) is 0 Å². The van der Waals surface area contributed by atoms with Gasteiger partial charge < -0.3 is 4.74 Å². The molecule has 0 aromatic heterocycles. The molecule has 0 saturated heterocycles. The topological polar surface area (TPSA) is 53.3 Å². The molecule has 0 unspecified atom stereocenters. The predicted molar refractivity (Wildman–Crippen MR) is 73.3 cm³/mol. The van der Waals surface area contributed by atoms with Gasteiger partial charge in [0.05, 0.1) is 25.2 Å². The SMILES string of the molecule is COC(=O)CCN(Cc1ccc(C#N)cc1F)C(C)C. The number of carbonyl (C=O) groups is 1. The van der Waals surface area contributed by atoms with Gasteiger partial charge in [0.25, 0.3) is 0 Å². The number of nitrogens with zero attached hydrogens (tertiary/aromatic N) is 2. The fourth-order valence-electron chi connectivity index (χ4n) is 1.82. The summed E-state index contributed by atoms with van der Waals surface area (Å²) in [5.41, 5.74) is 0.819. The summed E-state index contributed by atoms with van der Waals surface area (Å²) in [6.07, 6.45) is 0.270. The first-order chi connectivity index (χ1) is 9.47. The molecule has 0 amide bonds. The molecule has 0 bridgehead atoms. The molecular weight excluding hydrogens is 259 g/mol. The van der Waals surface area contributed by atoms with Crippen LogP contribution in [0, 0.1) is 17.1 Å². The molecule has 0 N–H and O–H groups in total. The van der Waals surface area contributed by atoms with Crippen LogP contribution in [0.4, 0.5) is 4.39 Å². The lowest BCUT2D eigenvalue weighted by molar-refractivity contribution is -0.141. The van der Waals surface area contributed by atoms with Crippen LogP contribution in [0.2, 0.25) is 0 Å². The molecule has 0 fully saturated rings. The molecule has 1 rings (SSSR count). The van der Waals surface area contributed by atoms with E-state index in [1.54, 1.807) is 12.1 Å². The van der Waals surface area contributed by atoms with Gasteiger partial charge >= 0.3 is 5.97 Å². The summed E-state index contributed by atoms with van der Waals surface area (Å²) in [5, 5.41) is 8.72. The van der Waals surface area contributed by atoms with Gasteiger partial charge in [-0.05, 0) is 26.0 Å². The van der Waals surface area contributed by atoms with E-state index in [-0.39, 0.29) is 18.4 Å². The minimum absolute atomic E-state index is 0.176. The Hall–Kier alpha value is -1.93. The maximum atomic E-state index is 13.9. The molecule has 0 atom stereocenters. The van der Waals surface area contributed by atoms with Crippen molar-refractivity contribution in [3.63, 3.8) is 0 Å². The third kappa shape index (κ3) is 4.63. The van der Waals surface area contributed by atoms with Crippen LogP contribution in [-0.2, 0) is 16.1 Å². The van der Waals surface area contributed by atoms with Crippen molar-refractivity contribution in [2.75, 3.05) is 13.7 Å². The van der Waals surface area contributed by atoms with Crippen LogP contribution in [-0.4, -0.2) is 30.6 Å². The number of ether oxygens (including phenoxy) is 1. The largest absolute Gasteiger partial charge is 0.469 e. The minimum Gasteiger partial charge on any atom is -0.469 e. The first kappa shape index (κ1) is 16.1. The standard InChI is InChI=1S/C15H19FN2O2/c1-11(2)18(7-6-15(19)20-3)10-13-5-4-12(9-17)8-14(13)16/h4-5,8,11H,6-7,10H2,1-3H3. The van der Waals surface area contributed by atoms with E-state index in [4.69, 9.17) is 5.26 Å². The van der Waals surface area contributed by atoms with Crippen LogP contribution in [0.1, 0.15) is 31.4 Å². The Labute approximate surface area is 118 Å². The lowest BCUT2D eigenvalue weighted by Crippen LogP contribution is -2.32. The smallest absolute Gasteiger partial charge is 0.306 e. The third-order valence-corrected chi connectivity index (χ3v) is 3.12. The number of nitriles is 1. The second-order valence-corrected chi connectivity index (χ2v) is 4.81. The van der Waals surface area contributed by atoms with Gasteiger partial charge in [0.2, 0.25) is 0 Å². The first-order valence-corrected chi connectivity index (χ1v) is 6.47. The summed E-state index contributed by atoms with van der Waals surface area (Å²) < 4.78 is 18.5. The van der Waals surface area contributed by atoms with E-state index in [2.05, 4.69) is 4.74 Å². The summed E-state index contributed by atoms with van der Waals surface area (Å²) in [7, 11) is 1.35. The van der Waals surface area contributed by atoms with Crippen LogP contribution in [0.3, 0.4) is 0 Å². The molecule has 0 aliphatic heterocycles. The third-order valence-electron chi connectivity index (χ3n) is 3.12. The van der Waals surface area contributed by atoms with E-state index in [0.29, 0.717) is 24.2 Å². The Morgan fingerprint density at radius 1 is 1.50 bits per heavy atom. The van der Waals surface area contributed by atoms with E-state index in [1.165, 1.54) is 13.2 Å². The van der Waals surface area contributed by atoms with Crippen molar-refractivity contribution in [1.29, 1.82) is 5.26 Å². The van der Waals surface area contributed by atoms with Crippen LogP contribution in [0.25, 0.3) is 0 Å². The molecule has 0 aliphatic carbocycles. The second kappa shape index (κ2) is 7.61. The zero-order valence-corrected chi connectivity index (χ0v) is 12.0. The lowest BCUT2D eigenvalue weighted by Gasteiger charge is -2.26. The molecular formula is C15H19FN2O2. The Kier molecular flexibility index (Phi) is 6.13. The van der Waals surface area contributed by atoms with Gasteiger partial charge in [-0.1, -0.05) is 6.07 Å². The van der Waals surface area contributed by atoms with E-state index in [1.807, 2.05) is 24.8 Å². The second-order valence-electron chi connectivity index (χ2n) is 4.81. The summed E-state index contributed by atoms with van der Waals surface area (Å²) in [6.45, 7) is 4.87. The number of benzene rings is 1. The van der Waals surface area contributed by atoms with E-state index < -0.39 is 5.82 Å². The molecule has 4 nitrogen and oxygen atoms in total. The van der Waals surface area contributed by atoms with Crippen molar-refractivity contribution in [2.45, 2.75) is 32.9 Å². The van der Waals surface area contributed by atoms with Crippen molar-refractivity contribution in [3.8, 4) is 6.07 Å². The number of carbonyl (C=O) groups excluding carboxylic acids is 1. The number of halogens is 1. The fraction of sp³-hybridized carbons (Fsp3) is 0.467. The van der Waals surface area contributed by atoms with Gasteiger partial charge in [0, 0.05) is 24.7 Å². The molecule has 0 heterocycles. The molecule has 0 saturated carbocycles. The highest BCUT2D eigenvalue weighted by Gasteiger charge is 2.14. The average molecular weight is 278 g/mol. The molecule has 1 aromatic carbocycles. The van der Waals surface area contributed by atoms with Gasteiger partial charge in [-0.3, -0.25) is 9.69 Å². The number of hydrogen-bond donors (Lipinski definition) is 0. The van der Waals surface area contributed by atoms with Crippen LogP contribution in [0.5, 0.6) is 0 Å². The zero-order chi connectivity index (χ0) is 15.1. The van der Waals surface area contributed by atoms with Crippen LogP contribution in [0.15, 0.2) is 18.2 Å². The number of methoxy groups -OCH3 is 1. The Morgan fingerprint density at radius 3 is 2.70 bits per heavy atom. The summed E-state index contributed by atoms with van der Waals surface area (Å²) in [6, 6.07) is 6.52. The highest BCUT2D eigenvalue weighted by Crippen LogP contribution is 2.14. The normalized spacial score (nSPS) is 10.7. The summed E-state index contributed by atoms with van der Waals surface area (Å²) >= 11 is 0. The number of esters is 1. The highest BCUT2D eigenvalue weighted by molar-refractivity contribution is 5.69. The predicted octanol–water partition coefficient (Wildman–Crippen LogP) is 2.47. The fourth-order valence-corrected chi connectivity index (χ4v) is 1.82. The average Bonchev–Trinajstić information content (AvgIpc) is 2.43. The molecule has 0 aliphatic rings. The van der Waals surface area contributed by atoms with Gasteiger partial charge in [-0.15, -0.1) is 0 Å². The van der Waals surface area contributed by atoms with Crippen molar-refractivity contribution in [3.05, 3.63) is 35.1 Å². The number of rotatable bonds is 6. The molecule has 20 heavy (non-hydrogen) atoms. The Bertz CT molecular complexity index is 509. The van der Waals surface area contributed by atoms with E-state index >= 15 is 0 Å². The number of hydrogen-bond acceptors (Lipinski definition) is 4. The van der Waals surface area contributed by atoms with Gasteiger partial charge in [0.15, 0.2) is 0 Å². The van der Waals surface area contributed by atoms with Crippen molar-refractivity contribution >= 4 is 5.97 Å². The maximum absolute atomic E-state index is 13.9. The van der Waals surface area contributed by atoms with Gasteiger partial charge in [-0.25, -0.2) is 4.39 Å². The van der Waals surface area contributed by atoms with Gasteiger partial charge in [0.1, 0.15) is 5.82 Å². The van der Waals surface area contributed by atoms with E-state index in [9.17, 15) is 9.18 Å². The zero-order valence-electron chi connectivity index (χ0n) is 12.0. The summed E-state index contributed by atoms with van der Waals surface area (Å²) in [5.74, 6) is -0.677. The van der Waals surface area contributed by atoms with Crippen molar-refractivity contribution in [1.82, 2.24) is 4.90 Å². The van der Waals surface area contributed by atoms with Gasteiger partial charge in [-0.2, -0.15) is 5.26 Å². The molecule has 5 heteroatoms. The molecule has 0 spiro atoms. The monoisotopic (exact) mass is 278 g/mol. The van der Waals surface area contributed by atoms with Crippen LogP contribution < -0.4 is 0 Å². The quantitative estimate of drug-likeness (QED) is 0.750. The van der Waals surface area contributed by atoms with Crippen LogP contribution >= 0.6 is 0 Å². The first-order valence-electron chi connectivity index (χ1n) is 6.47.